The Labute approximate surface area is 93.6 Å². The molecule has 82 valence electrons. The zero-order valence-electron chi connectivity index (χ0n) is 8.50. The van der Waals surface area contributed by atoms with Gasteiger partial charge in [0.25, 0.3) is 0 Å². The van der Waals surface area contributed by atoms with Crippen LogP contribution in [0, 0.1) is 0 Å². The van der Waals surface area contributed by atoms with E-state index in [-0.39, 0.29) is 6.10 Å². The monoisotopic (exact) mass is 228 g/mol. The van der Waals surface area contributed by atoms with Gasteiger partial charge >= 0.3 is 0 Å². The first-order valence-electron chi connectivity index (χ1n) is 4.83. The molecule has 4 nitrogen and oxygen atoms in total. The largest absolute Gasteiger partial charge is 0.468 e. The standard InChI is InChI=1S/C10H13ClN2O2/c1-12-3-7-2-9(11)10(13-4-7)15-8-5-14-6-8/h2,4,8,12H,3,5-6H2,1H3. The lowest BCUT2D eigenvalue weighted by molar-refractivity contribution is -0.0813. The maximum atomic E-state index is 6.03. The van der Waals surface area contributed by atoms with Crippen molar-refractivity contribution in [1.82, 2.24) is 10.3 Å². The van der Waals surface area contributed by atoms with Gasteiger partial charge in [0.2, 0.25) is 5.88 Å². The highest BCUT2D eigenvalue weighted by Gasteiger charge is 2.21. The maximum Gasteiger partial charge on any atom is 0.233 e. The van der Waals surface area contributed by atoms with E-state index in [1.54, 1.807) is 6.20 Å². The summed E-state index contributed by atoms with van der Waals surface area (Å²) in [6, 6.07) is 1.86. The second kappa shape index (κ2) is 4.79. The molecule has 1 N–H and O–H groups in total. The third kappa shape index (κ3) is 2.59. The molecule has 0 unspecified atom stereocenters. The molecule has 1 saturated heterocycles. The fourth-order valence-corrected chi connectivity index (χ4v) is 1.53. The van der Waals surface area contributed by atoms with Crippen molar-refractivity contribution in [1.29, 1.82) is 0 Å². The lowest BCUT2D eigenvalue weighted by atomic mass is 10.3. The number of rotatable bonds is 4. The third-order valence-corrected chi connectivity index (χ3v) is 2.40. The van der Waals surface area contributed by atoms with Crippen LogP contribution in [0.4, 0.5) is 0 Å². The Morgan fingerprint density at radius 3 is 3.00 bits per heavy atom. The zero-order chi connectivity index (χ0) is 10.7. The minimum absolute atomic E-state index is 0.102. The summed E-state index contributed by atoms with van der Waals surface area (Å²) in [7, 11) is 1.88. The molecule has 0 amide bonds. The molecule has 0 bridgehead atoms. The van der Waals surface area contributed by atoms with E-state index in [1.807, 2.05) is 13.1 Å². The first kappa shape index (κ1) is 10.7. The van der Waals surface area contributed by atoms with Crippen LogP contribution in [0.25, 0.3) is 0 Å². The summed E-state index contributed by atoms with van der Waals surface area (Å²) in [4.78, 5) is 4.17. The Morgan fingerprint density at radius 1 is 1.67 bits per heavy atom. The number of aromatic nitrogens is 1. The number of nitrogens with one attached hydrogen (secondary N) is 1. The van der Waals surface area contributed by atoms with Gasteiger partial charge in [0.1, 0.15) is 11.1 Å². The van der Waals surface area contributed by atoms with Crippen LogP contribution in [-0.4, -0.2) is 31.3 Å². The summed E-state index contributed by atoms with van der Waals surface area (Å²) in [6.45, 7) is 1.99. The molecule has 1 fully saturated rings. The fraction of sp³-hybridized carbons (Fsp3) is 0.500. The van der Waals surface area contributed by atoms with Crippen LogP contribution in [-0.2, 0) is 11.3 Å². The summed E-state index contributed by atoms with van der Waals surface area (Å²) < 4.78 is 10.5. The SMILES string of the molecule is CNCc1cnc(OC2COC2)c(Cl)c1. The van der Waals surface area contributed by atoms with E-state index in [2.05, 4.69) is 10.3 Å². The van der Waals surface area contributed by atoms with Gasteiger partial charge in [0.05, 0.1) is 13.2 Å². The molecular weight excluding hydrogens is 216 g/mol. The van der Waals surface area contributed by atoms with Crippen molar-refractivity contribution in [2.75, 3.05) is 20.3 Å². The molecule has 0 saturated carbocycles. The van der Waals surface area contributed by atoms with Crippen molar-refractivity contribution >= 4 is 11.6 Å². The van der Waals surface area contributed by atoms with Gasteiger partial charge in [-0.05, 0) is 18.7 Å². The molecule has 1 aromatic rings. The molecule has 1 aliphatic heterocycles. The predicted molar refractivity (Wildman–Crippen MR) is 57.2 cm³/mol. The minimum atomic E-state index is 0.102. The topological polar surface area (TPSA) is 43.4 Å². The van der Waals surface area contributed by atoms with Crippen LogP contribution in [0.2, 0.25) is 5.02 Å². The van der Waals surface area contributed by atoms with Crippen LogP contribution in [0.1, 0.15) is 5.56 Å². The van der Waals surface area contributed by atoms with E-state index in [4.69, 9.17) is 21.1 Å². The molecule has 2 heterocycles. The van der Waals surface area contributed by atoms with E-state index < -0.39 is 0 Å². The Kier molecular flexibility index (Phi) is 3.41. The van der Waals surface area contributed by atoms with Gasteiger partial charge in [0.15, 0.2) is 0 Å². The van der Waals surface area contributed by atoms with Crippen LogP contribution in [0.3, 0.4) is 0 Å². The lowest BCUT2D eigenvalue weighted by Gasteiger charge is -2.26. The number of hydrogen-bond acceptors (Lipinski definition) is 4. The van der Waals surface area contributed by atoms with Crippen LogP contribution in [0.5, 0.6) is 5.88 Å². The summed E-state index contributed by atoms with van der Waals surface area (Å²) in [6.07, 6.45) is 1.86. The lowest BCUT2D eigenvalue weighted by Crippen LogP contribution is -2.38. The molecule has 15 heavy (non-hydrogen) atoms. The van der Waals surface area contributed by atoms with E-state index in [0.29, 0.717) is 24.1 Å². The Morgan fingerprint density at radius 2 is 2.47 bits per heavy atom. The van der Waals surface area contributed by atoms with Gasteiger partial charge in [-0.25, -0.2) is 4.98 Å². The number of ether oxygens (including phenoxy) is 2. The van der Waals surface area contributed by atoms with Gasteiger partial charge in [-0.3, -0.25) is 0 Å². The van der Waals surface area contributed by atoms with E-state index in [1.165, 1.54) is 0 Å². The van der Waals surface area contributed by atoms with Crippen molar-refractivity contribution in [2.24, 2.45) is 0 Å². The summed E-state index contributed by atoms with van der Waals surface area (Å²) in [5, 5.41) is 3.58. The van der Waals surface area contributed by atoms with Gasteiger partial charge < -0.3 is 14.8 Å². The first-order chi connectivity index (χ1) is 7.29. The van der Waals surface area contributed by atoms with E-state index in [9.17, 15) is 0 Å². The quantitative estimate of drug-likeness (QED) is 0.842. The molecular formula is C10H13ClN2O2. The highest BCUT2D eigenvalue weighted by atomic mass is 35.5. The normalized spacial score (nSPS) is 16.1. The molecule has 0 spiro atoms. The fourth-order valence-electron chi connectivity index (χ4n) is 1.29. The van der Waals surface area contributed by atoms with E-state index in [0.717, 1.165) is 12.1 Å². The molecule has 0 radical (unpaired) electrons. The molecule has 0 aromatic carbocycles. The van der Waals surface area contributed by atoms with Crippen molar-refractivity contribution < 1.29 is 9.47 Å². The van der Waals surface area contributed by atoms with E-state index >= 15 is 0 Å². The van der Waals surface area contributed by atoms with Crippen LogP contribution >= 0.6 is 11.6 Å². The minimum Gasteiger partial charge on any atom is -0.468 e. The average Bonchev–Trinajstić information content (AvgIpc) is 2.14. The van der Waals surface area contributed by atoms with Crippen molar-refractivity contribution in [3.8, 4) is 5.88 Å². The maximum absolute atomic E-state index is 6.03. The van der Waals surface area contributed by atoms with Gasteiger partial charge in [0, 0.05) is 12.7 Å². The highest BCUT2D eigenvalue weighted by molar-refractivity contribution is 6.31. The first-order valence-corrected chi connectivity index (χ1v) is 5.21. The van der Waals surface area contributed by atoms with Gasteiger partial charge in [-0.2, -0.15) is 0 Å². The highest BCUT2D eigenvalue weighted by Crippen LogP contribution is 2.24. The smallest absolute Gasteiger partial charge is 0.233 e. The Bertz CT molecular complexity index is 342. The summed E-state index contributed by atoms with van der Waals surface area (Å²) in [5.74, 6) is 0.491. The number of hydrogen-bond donors (Lipinski definition) is 1. The van der Waals surface area contributed by atoms with Crippen molar-refractivity contribution in [2.45, 2.75) is 12.6 Å². The van der Waals surface area contributed by atoms with Gasteiger partial charge in [-0.1, -0.05) is 11.6 Å². The number of halogens is 1. The Hall–Kier alpha value is -0.840. The predicted octanol–water partition coefficient (Wildman–Crippen LogP) is 1.23. The average molecular weight is 229 g/mol. The second-order valence-electron chi connectivity index (χ2n) is 3.44. The molecule has 0 aliphatic carbocycles. The molecule has 1 aliphatic rings. The molecule has 5 heteroatoms. The van der Waals surface area contributed by atoms with Gasteiger partial charge in [-0.15, -0.1) is 0 Å². The summed E-state index contributed by atoms with van der Waals surface area (Å²) in [5.41, 5.74) is 1.04. The van der Waals surface area contributed by atoms with Crippen LogP contribution in [0.15, 0.2) is 12.3 Å². The number of nitrogens with zero attached hydrogens (tertiary/aromatic N) is 1. The molecule has 0 atom stereocenters. The van der Waals surface area contributed by atoms with Crippen molar-refractivity contribution in [3.05, 3.63) is 22.8 Å². The number of pyridine rings is 1. The second-order valence-corrected chi connectivity index (χ2v) is 3.85. The van der Waals surface area contributed by atoms with Crippen LogP contribution < -0.4 is 10.1 Å². The Balaban J connectivity index is 2.04. The third-order valence-electron chi connectivity index (χ3n) is 2.13. The molecule has 2 rings (SSSR count). The molecule has 1 aromatic heterocycles. The summed E-state index contributed by atoms with van der Waals surface area (Å²) >= 11 is 6.03. The zero-order valence-corrected chi connectivity index (χ0v) is 9.25. The van der Waals surface area contributed by atoms with Crippen molar-refractivity contribution in [3.63, 3.8) is 0 Å².